The van der Waals surface area contributed by atoms with Crippen molar-refractivity contribution >= 4 is 60.5 Å². The quantitative estimate of drug-likeness (QED) is 0.0606. The van der Waals surface area contributed by atoms with Gasteiger partial charge in [0, 0.05) is 54.6 Å². The van der Waals surface area contributed by atoms with E-state index in [1.165, 1.54) is 149 Å². The third-order valence-corrected chi connectivity index (χ3v) is 15.9. The van der Waals surface area contributed by atoms with Crippen LogP contribution in [0.5, 0.6) is 5.75 Å². The van der Waals surface area contributed by atoms with Crippen molar-refractivity contribution in [2.75, 3.05) is 25.1 Å². The van der Waals surface area contributed by atoms with E-state index in [0.29, 0.717) is 0 Å². The maximum absolute atomic E-state index is 6.07. The van der Waals surface area contributed by atoms with Crippen LogP contribution in [0.15, 0.2) is 84.9 Å². The van der Waals surface area contributed by atoms with E-state index < -0.39 is 0 Å². The third-order valence-electron chi connectivity index (χ3n) is 13.0. The number of aromatic nitrogens is 2. The molecule has 4 aromatic carbocycles. The van der Waals surface area contributed by atoms with E-state index in [-0.39, 0.29) is 0 Å². The number of anilines is 1. The van der Waals surface area contributed by atoms with Gasteiger partial charge in [-0.25, -0.2) is 0 Å². The molecule has 0 bridgehead atoms. The average molecular weight is 884 g/mol. The van der Waals surface area contributed by atoms with E-state index in [0.717, 1.165) is 64.0 Å². The predicted octanol–water partition coefficient (Wildman–Crippen LogP) is 17.6. The Labute approximate surface area is 385 Å². The van der Waals surface area contributed by atoms with Gasteiger partial charge in [-0.3, -0.25) is 0 Å². The zero-order valence-electron chi connectivity index (χ0n) is 38.5. The second-order valence-corrected chi connectivity index (χ2v) is 20.2. The summed E-state index contributed by atoms with van der Waals surface area (Å²) in [5.41, 5.74) is 13.2. The number of nitrogens with zero attached hydrogens (tertiary/aromatic N) is 3. The number of methoxy groups -OCH3 is 1. The highest BCUT2D eigenvalue weighted by Gasteiger charge is 2.20. The van der Waals surface area contributed by atoms with E-state index in [1.54, 1.807) is 7.11 Å². The first-order chi connectivity index (χ1) is 30.4. The summed E-state index contributed by atoms with van der Waals surface area (Å²) in [5.74, 6) is 2.35. The highest BCUT2D eigenvalue weighted by Crippen LogP contribution is 2.46. The zero-order chi connectivity index (χ0) is 43.4. The van der Waals surface area contributed by atoms with Crippen molar-refractivity contribution in [1.29, 1.82) is 0 Å². The van der Waals surface area contributed by atoms with Crippen LogP contribution >= 0.6 is 34.4 Å². The fraction of sp³-hybridized carbons (Fsp3) is 0.455. The lowest BCUT2D eigenvalue weighted by Gasteiger charge is -2.25. The number of benzene rings is 4. The maximum atomic E-state index is 6.07. The van der Waals surface area contributed by atoms with Crippen LogP contribution in [0.2, 0.25) is 0 Å². The standard InChI is InChI=1S/C55H69N3OS3/c1-8-14-18-38(12-5)30-40-32-41(31-39(13-6)19-15-9-2)34-44(33-40)50-36-52-53(60-50)37-51(61-52)48-27-26-47(54-55(48)57-62-56-54)46-25-22-43(35-49(46)59-7)42-20-23-45(24-21-42)58(28-16-10-3)29-17-11-4/h20-27,32-39H,8-19,28-31H2,1-7H3. The van der Waals surface area contributed by atoms with Gasteiger partial charge < -0.3 is 9.64 Å². The Morgan fingerprint density at radius 1 is 0.532 bits per heavy atom. The van der Waals surface area contributed by atoms with E-state index in [1.807, 2.05) is 22.7 Å². The summed E-state index contributed by atoms with van der Waals surface area (Å²) in [5, 5.41) is 0. The van der Waals surface area contributed by atoms with Gasteiger partial charge >= 0.3 is 0 Å². The van der Waals surface area contributed by atoms with Crippen molar-refractivity contribution in [2.45, 2.75) is 131 Å². The molecule has 0 aliphatic heterocycles. The van der Waals surface area contributed by atoms with Crippen LogP contribution in [-0.4, -0.2) is 28.9 Å². The van der Waals surface area contributed by atoms with Crippen molar-refractivity contribution in [3.63, 3.8) is 0 Å². The van der Waals surface area contributed by atoms with Gasteiger partial charge in [0.15, 0.2) is 0 Å². The predicted molar refractivity (Wildman–Crippen MR) is 275 cm³/mol. The SMILES string of the molecule is CCCCC(CC)Cc1cc(CC(CC)CCCC)cc(-c2cc3sc(-c4ccc(-c5ccc(-c6ccc(N(CCCC)CCCC)cc6)cc5OC)c5nsnc45)cc3s2)c1. The second-order valence-electron chi connectivity index (χ2n) is 17.5. The summed E-state index contributed by atoms with van der Waals surface area (Å²) in [6, 6.07) is 32.5. The second kappa shape index (κ2) is 22.5. The molecule has 7 aromatic rings. The highest BCUT2D eigenvalue weighted by atomic mass is 32.1. The normalized spacial score (nSPS) is 12.7. The molecule has 4 nitrogen and oxygen atoms in total. The Kier molecular flexibility index (Phi) is 16.7. The number of hydrogen-bond donors (Lipinski definition) is 0. The Morgan fingerprint density at radius 2 is 1.06 bits per heavy atom. The van der Waals surface area contributed by atoms with Crippen molar-refractivity contribution in [3.05, 3.63) is 96.1 Å². The van der Waals surface area contributed by atoms with E-state index >= 15 is 0 Å². The molecule has 0 saturated carbocycles. The fourth-order valence-corrected chi connectivity index (χ4v) is 12.1. The molecule has 0 saturated heterocycles. The summed E-state index contributed by atoms with van der Waals surface area (Å²) in [6.07, 6.45) is 17.6. The van der Waals surface area contributed by atoms with Gasteiger partial charge in [-0.05, 0) is 102 Å². The monoisotopic (exact) mass is 883 g/mol. The summed E-state index contributed by atoms with van der Waals surface area (Å²) >= 11 is 5.11. The number of rotatable bonds is 24. The summed E-state index contributed by atoms with van der Waals surface area (Å²) in [6.45, 7) is 16.1. The molecule has 0 aliphatic rings. The third kappa shape index (κ3) is 11.0. The number of fused-ring (bicyclic) bond motifs is 2. The molecule has 2 atom stereocenters. The van der Waals surface area contributed by atoms with Gasteiger partial charge in [0.2, 0.25) is 0 Å². The van der Waals surface area contributed by atoms with Gasteiger partial charge in [-0.1, -0.05) is 154 Å². The van der Waals surface area contributed by atoms with E-state index in [2.05, 4.69) is 131 Å². The number of unbranched alkanes of at least 4 members (excludes halogenated alkanes) is 4. The molecule has 7 heteroatoms. The molecule has 7 rings (SSSR count). The minimum atomic E-state index is 0.753. The fourth-order valence-electron chi connectivity index (χ4n) is 9.11. The van der Waals surface area contributed by atoms with Crippen LogP contribution in [0.4, 0.5) is 5.69 Å². The van der Waals surface area contributed by atoms with E-state index in [4.69, 9.17) is 13.5 Å². The molecule has 328 valence electrons. The highest BCUT2D eigenvalue weighted by molar-refractivity contribution is 7.31. The first-order valence-corrected chi connectivity index (χ1v) is 26.2. The van der Waals surface area contributed by atoms with Crippen LogP contribution in [0.25, 0.3) is 63.6 Å². The number of ether oxygens (including phenoxy) is 1. The van der Waals surface area contributed by atoms with Gasteiger partial charge in [-0.2, -0.15) is 8.75 Å². The van der Waals surface area contributed by atoms with Crippen LogP contribution in [0.3, 0.4) is 0 Å². The molecule has 0 fully saturated rings. The first-order valence-electron chi connectivity index (χ1n) is 23.9. The van der Waals surface area contributed by atoms with Crippen molar-refractivity contribution in [3.8, 4) is 48.9 Å². The molecule has 0 N–H and O–H groups in total. The zero-order valence-corrected chi connectivity index (χ0v) is 41.0. The van der Waals surface area contributed by atoms with Crippen LogP contribution in [0.1, 0.15) is 130 Å². The molecule has 0 aliphatic carbocycles. The van der Waals surface area contributed by atoms with Crippen molar-refractivity contribution in [1.82, 2.24) is 8.75 Å². The Morgan fingerprint density at radius 3 is 1.65 bits per heavy atom. The first kappa shape index (κ1) is 46.0. The lowest BCUT2D eigenvalue weighted by molar-refractivity contribution is 0.416. The largest absolute Gasteiger partial charge is 0.496 e. The minimum absolute atomic E-state index is 0.753. The molecule has 0 radical (unpaired) electrons. The molecule has 62 heavy (non-hydrogen) atoms. The van der Waals surface area contributed by atoms with Gasteiger partial charge in [0.1, 0.15) is 16.8 Å². The molecular weight excluding hydrogens is 815 g/mol. The Hall–Kier alpha value is -4.04. The minimum Gasteiger partial charge on any atom is -0.496 e. The van der Waals surface area contributed by atoms with Gasteiger partial charge in [0.25, 0.3) is 0 Å². The van der Waals surface area contributed by atoms with Crippen LogP contribution in [-0.2, 0) is 12.8 Å². The number of hydrogen-bond acceptors (Lipinski definition) is 7. The lowest BCUT2D eigenvalue weighted by Crippen LogP contribution is -2.25. The smallest absolute Gasteiger partial charge is 0.127 e. The molecule has 3 heterocycles. The Bertz CT molecular complexity index is 2400. The topological polar surface area (TPSA) is 38.2 Å². The maximum Gasteiger partial charge on any atom is 0.127 e. The van der Waals surface area contributed by atoms with Crippen LogP contribution < -0.4 is 9.64 Å². The molecule has 3 aromatic heterocycles. The van der Waals surface area contributed by atoms with E-state index in [9.17, 15) is 0 Å². The van der Waals surface area contributed by atoms with Crippen LogP contribution in [0, 0.1) is 11.8 Å². The molecular formula is C55H69N3OS3. The lowest BCUT2D eigenvalue weighted by atomic mass is 9.87. The average Bonchev–Trinajstić information content (AvgIpc) is 4.06. The number of thiophene rings is 2. The molecule has 2 unspecified atom stereocenters. The molecule has 0 amide bonds. The van der Waals surface area contributed by atoms with Gasteiger partial charge in [0.05, 0.1) is 18.8 Å². The van der Waals surface area contributed by atoms with Crippen molar-refractivity contribution < 1.29 is 4.74 Å². The summed E-state index contributed by atoms with van der Waals surface area (Å²) in [7, 11) is 1.77. The Balaban J connectivity index is 1.15. The van der Waals surface area contributed by atoms with Gasteiger partial charge in [-0.15, -0.1) is 22.7 Å². The van der Waals surface area contributed by atoms with Crippen molar-refractivity contribution in [2.24, 2.45) is 11.8 Å². The molecule has 0 spiro atoms. The summed E-state index contributed by atoms with van der Waals surface area (Å²) in [4.78, 5) is 5.16. The summed E-state index contributed by atoms with van der Waals surface area (Å²) < 4.78 is 18.5.